The minimum absolute atomic E-state index is 0.0186. The van der Waals surface area contributed by atoms with Crippen molar-refractivity contribution in [3.63, 3.8) is 0 Å². The zero-order chi connectivity index (χ0) is 21.0. The molecule has 0 aliphatic carbocycles. The summed E-state index contributed by atoms with van der Waals surface area (Å²) in [5, 5.41) is 0. The van der Waals surface area contributed by atoms with Crippen molar-refractivity contribution >= 4 is 15.9 Å². The van der Waals surface area contributed by atoms with Crippen molar-refractivity contribution in [3.05, 3.63) is 54.1 Å². The van der Waals surface area contributed by atoms with Gasteiger partial charge in [-0.3, -0.25) is 9.63 Å². The molecule has 0 saturated carbocycles. The van der Waals surface area contributed by atoms with Gasteiger partial charge >= 0.3 is 0 Å². The lowest BCUT2D eigenvalue weighted by molar-refractivity contribution is -0.0258. The maximum absolute atomic E-state index is 13.0. The first-order chi connectivity index (χ1) is 13.9. The summed E-state index contributed by atoms with van der Waals surface area (Å²) in [6, 6.07) is 13.3. The summed E-state index contributed by atoms with van der Waals surface area (Å²) in [6.45, 7) is 2.94. The molecule has 1 aliphatic heterocycles. The van der Waals surface area contributed by atoms with E-state index in [4.69, 9.17) is 14.3 Å². The smallest absolute Gasteiger partial charge is 0.264 e. The fourth-order valence-electron chi connectivity index (χ4n) is 2.97. The van der Waals surface area contributed by atoms with Gasteiger partial charge in [-0.2, -0.15) is 0 Å². The van der Waals surface area contributed by atoms with Crippen LogP contribution in [0, 0.1) is 0 Å². The topological polar surface area (TPSA) is 85.4 Å². The highest BCUT2D eigenvalue weighted by Gasteiger charge is 2.27. The second-order valence-electron chi connectivity index (χ2n) is 6.47. The fraction of sp³-hybridized carbons (Fsp3) is 0.350. The van der Waals surface area contributed by atoms with E-state index in [9.17, 15) is 13.2 Å². The zero-order valence-electron chi connectivity index (χ0n) is 16.6. The summed E-state index contributed by atoms with van der Waals surface area (Å²) < 4.78 is 37.3. The van der Waals surface area contributed by atoms with E-state index in [0.29, 0.717) is 31.2 Å². The van der Waals surface area contributed by atoms with Crippen LogP contribution in [0.4, 0.5) is 0 Å². The summed E-state index contributed by atoms with van der Waals surface area (Å²) in [6.07, 6.45) is -0.319. The molecule has 0 bridgehead atoms. The van der Waals surface area contributed by atoms with Gasteiger partial charge in [-0.05, 0) is 37.3 Å². The van der Waals surface area contributed by atoms with Crippen LogP contribution in [0.2, 0.25) is 0 Å². The molecule has 2 aromatic rings. The number of ether oxygens (including phenoxy) is 2. The van der Waals surface area contributed by atoms with Gasteiger partial charge in [-0.1, -0.05) is 22.7 Å². The number of amides is 1. The second kappa shape index (κ2) is 8.81. The Morgan fingerprint density at radius 1 is 1.17 bits per heavy atom. The molecular weight excluding hydrogens is 396 g/mol. The van der Waals surface area contributed by atoms with Crippen LogP contribution in [0.25, 0.3) is 0 Å². The Balaban J connectivity index is 1.76. The Hall–Kier alpha value is -2.62. The molecule has 0 radical (unpaired) electrons. The number of nitrogens with zero attached hydrogens (tertiary/aromatic N) is 2. The van der Waals surface area contributed by atoms with E-state index in [0.717, 1.165) is 4.47 Å². The first kappa shape index (κ1) is 21.1. The summed E-state index contributed by atoms with van der Waals surface area (Å²) >= 11 is 0. The number of likely N-dealkylation sites (N-methyl/N-ethyl adjacent to an activating group) is 1. The van der Waals surface area contributed by atoms with Crippen LogP contribution in [-0.4, -0.2) is 63.7 Å². The Labute approximate surface area is 170 Å². The van der Waals surface area contributed by atoms with E-state index < -0.39 is 10.0 Å². The molecular formula is C20H24N2O6S. The van der Waals surface area contributed by atoms with Gasteiger partial charge in [0.05, 0.1) is 18.6 Å². The quantitative estimate of drug-likeness (QED) is 0.638. The van der Waals surface area contributed by atoms with Crippen molar-refractivity contribution in [1.29, 1.82) is 0 Å². The van der Waals surface area contributed by atoms with Crippen molar-refractivity contribution in [2.45, 2.75) is 17.9 Å². The monoisotopic (exact) mass is 420 g/mol. The highest BCUT2D eigenvalue weighted by atomic mass is 32.2. The number of carbonyl (C=O) groups is 1. The number of hydrogen-bond acceptors (Lipinski definition) is 6. The predicted molar refractivity (Wildman–Crippen MR) is 106 cm³/mol. The second-order valence-corrected chi connectivity index (χ2v) is 8.40. The van der Waals surface area contributed by atoms with Crippen molar-refractivity contribution in [3.8, 4) is 11.5 Å². The number of hydrogen-bond donors (Lipinski definition) is 0. The molecule has 0 unspecified atom stereocenters. The third-order valence-corrected chi connectivity index (χ3v) is 6.31. The summed E-state index contributed by atoms with van der Waals surface area (Å²) in [4.78, 5) is 19.4. The molecule has 1 aliphatic rings. The van der Waals surface area contributed by atoms with Gasteiger partial charge in [0.2, 0.25) is 0 Å². The third-order valence-electron chi connectivity index (χ3n) is 4.63. The van der Waals surface area contributed by atoms with Gasteiger partial charge < -0.3 is 14.4 Å². The molecule has 0 fully saturated rings. The van der Waals surface area contributed by atoms with Crippen LogP contribution in [-0.2, 0) is 14.9 Å². The van der Waals surface area contributed by atoms with Gasteiger partial charge in [-0.25, -0.2) is 8.42 Å². The number of rotatable bonds is 7. The molecule has 1 amide bonds. The molecule has 0 N–H and O–H groups in total. The number of para-hydroxylation sites is 2. The minimum Gasteiger partial charge on any atom is -0.486 e. The van der Waals surface area contributed by atoms with Crippen LogP contribution in [0.3, 0.4) is 0 Å². The van der Waals surface area contributed by atoms with Gasteiger partial charge in [0, 0.05) is 19.2 Å². The maximum Gasteiger partial charge on any atom is 0.264 e. The number of benzene rings is 2. The van der Waals surface area contributed by atoms with Crippen LogP contribution >= 0.6 is 0 Å². The Bertz CT molecular complexity index is 978. The molecule has 1 heterocycles. The van der Waals surface area contributed by atoms with Gasteiger partial charge in [-0.15, -0.1) is 0 Å². The average Bonchev–Trinajstić information content (AvgIpc) is 2.76. The number of hydroxylamine groups is 1. The largest absolute Gasteiger partial charge is 0.486 e. The first-order valence-corrected chi connectivity index (χ1v) is 10.6. The average molecular weight is 420 g/mol. The van der Waals surface area contributed by atoms with E-state index in [1.165, 1.54) is 32.4 Å². The van der Waals surface area contributed by atoms with Crippen molar-refractivity contribution in [2.24, 2.45) is 0 Å². The van der Waals surface area contributed by atoms with Crippen LogP contribution in [0.5, 0.6) is 11.5 Å². The van der Waals surface area contributed by atoms with Gasteiger partial charge in [0.15, 0.2) is 17.6 Å². The molecule has 0 aromatic heterocycles. The normalized spacial score (nSPS) is 15.9. The molecule has 1 atom stereocenters. The highest BCUT2D eigenvalue weighted by Crippen LogP contribution is 2.31. The lowest BCUT2D eigenvalue weighted by Gasteiger charge is -2.31. The highest BCUT2D eigenvalue weighted by molar-refractivity contribution is 7.89. The molecule has 3 rings (SSSR count). The molecule has 156 valence electrons. The predicted octanol–water partition coefficient (Wildman–Crippen LogP) is 2.17. The van der Waals surface area contributed by atoms with Gasteiger partial charge in [0.1, 0.15) is 6.61 Å². The lowest BCUT2D eigenvalue weighted by atomic mass is 10.2. The Kier molecular flexibility index (Phi) is 6.41. The van der Waals surface area contributed by atoms with Crippen LogP contribution in [0.15, 0.2) is 53.4 Å². The zero-order valence-corrected chi connectivity index (χ0v) is 17.4. The SMILES string of the molecule is CCN(C[C@@H]1COc2ccccc2O1)C(=O)c1cccc(S(=O)(=O)N(C)OC)c1. The number of carbonyl (C=O) groups excluding carboxylic acids is 1. The third kappa shape index (κ3) is 4.52. The van der Waals surface area contributed by atoms with E-state index in [-0.39, 0.29) is 22.5 Å². The number of sulfonamides is 1. The van der Waals surface area contributed by atoms with Crippen molar-refractivity contribution in [2.75, 3.05) is 33.9 Å². The summed E-state index contributed by atoms with van der Waals surface area (Å²) in [5.41, 5.74) is 0.273. The van der Waals surface area contributed by atoms with Crippen LogP contribution < -0.4 is 9.47 Å². The van der Waals surface area contributed by atoms with E-state index in [1.807, 2.05) is 31.2 Å². The summed E-state index contributed by atoms with van der Waals surface area (Å²) in [5.74, 6) is 1.04. The Morgan fingerprint density at radius 3 is 2.59 bits per heavy atom. The van der Waals surface area contributed by atoms with Gasteiger partial charge in [0.25, 0.3) is 15.9 Å². The molecule has 2 aromatic carbocycles. The first-order valence-electron chi connectivity index (χ1n) is 9.17. The Morgan fingerprint density at radius 2 is 1.90 bits per heavy atom. The minimum atomic E-state index is -3.84. The van der Waals surface area contributed by atoms with E-state index in [1.54, 1.807) is 11.0 Å². The summed E-state index contributed by atoms with van der Waals surface area (Å²) in [7, 11) is -1.29. The number of fused-ring (bicyclic) bond motifs is 1. The maximum atomic E-state index is 13.0. The molecule has 0 saturated heterocycles. The lowest BCUT2D eigenvalue weighted by Crippen LogP contribution is -2.43. The fourth-order valence-corrected chi connectivity index (χ4v) is 3.99. The molecule has 29 heavy (non-hydrogen) atoms. The molecule has 8 nitrogen and oxygen atoms in total. The molecule has 0 spiro atoms. The van der Waals surface area contributed by atoms with Crippen molar-refractivity contribution in [1.82, 2.24) is 9.37 Å². The van der Waals surface area contributed by atoms with E-state index >= 15 is 0 Å². The van der Waals surface area contributed by atoms with E-state index in [2.05, 4.69) is 0 Å². The molecule has 9 heteroatoms. The standard InChI is InChI=1S/C20H24N2O6S/c1-4-22(13-16-14-27-18-10-5-6-11-19(18)28-16)20(23)15-8-7-9-17(12-15)29(24,25)21(2)26-3/h5-12,16H,4,13-14H2,1-3H3/t16-/m1/s1. The van der Waals surface area contributed by atoms with Crippen molar-refractivity contribution < 1.29 is 27.5 Å². The van der Waals surface area contributed by atoms with Crippen LogP contribution in [0.1, 0.15) is 17.3 Å².